The fourth-order valence-electron chi connectivity index (χ4n) is 2.77. The molecular formula is C22H22N2O4. The molecule has 3 aromatic rings. The lowest BCUT2D eigenvalue weighted by Gasteiger charge is -2.12. The van der Waals surface area contributed by atoms with Gasteiger partial charge in [-0.2, -0.15) is 5.10 Å². The van der Waals surface area contributed by atoms with E-state index < -0.39 is 12.1 Å². The monoisotopic (exact) mass is 378 g/mol. The molecule has 3 rings (SSSR count). The third-order valence-corrected chi connectivity index (χ3v) is 4.41. The van der Waals surface area contributed by atoms with Gasteiger partial charge in [0.15, 0.2) is 11.9 Å². The van der Waals surface area contributed by atoms with Gasteiger partial charge in [-0.3, -0.25) is 4.79 Å². The number of carbonyl (C=O) groups excluding carboxylic acids is 2. The van der Waals surface area contributed by atoms with Gasteiger partial charge in [0.2, 0.25) is 11.5 Å². The number of methoxy groups -OCH3 is 1. The Bertz CT molecular complexity index is 962. The van der Waals surface area contributed by atoms with E-state index in [2.05, 4.69) is 5.10 Å². The third kappa shape index (κ3) is 4.11. The van der Waals surface area contributed by atoms with E-state index in [0.29, 0.717) is 5.56 Å². The second-order valence-electron chi connectivity index (χ2n) is 6.29. The lowest BCUT2D eigenvalue weighted by molar-refractivity contribution is 0.0310. The topological polar surface area (TPSA) is 70.4 Å². The summed E-state index contributed by atoms with van der Waals surface area (Å²) in [4.78, 5) is 25.1. The predicted molar refractivity (Wildman–Crippen MR) is 105 cm³/mol. The number of ketones is 1. The number of esters is 1. The highest BCUT2D eigenvalue weighted by Crippen LogP contribution is 2.21. The van der Waals surface area contributed by atoms with Gasteiger partial charge in [0, 0.05) is 5.56 Å². The SMILES string of the molecule is CCc1ccc(C(=O)C(C)OC(=O)c2nn(-c3ccccc3)cc2OC)cc1. The van der Waals surface area contributed by atoms with Gasteiger partial charge in [-0.05, 0) is 31.0 Å². The normalized spacial score (nSPS) is 11.7. The molecule has 144 valence electrons. The van der Waals surface area contributed by atoms with Crippen LogP contribution >= 0.6 is 0 Å². The first kappa shape index (κ1) is 19.4. The van der Waals surface area contributed by atoms with Crippen molar-refractivity contribution in [3.8, 4) is 11.4 Å². The standard InChI is InChI=1S/C22H22N2O4/c1-4-16-10-12-17(13-11-16)21(25)15(2)28-22(26)20-19(27-3)14-24(23-20)18-8-6-5-7-9-18/h5-15H,4H2,1-3H3. The number of rotatable bonds is 7. The Labute approximate surface area is 163 Å². The van der Waals surface area contributed by atoms with Crippen LogP contribution in [-0.2, 0) is 11.2 Å². The van der Waals surface area contributed by atoms with Crippen molar-refractivity contribution in [3.05, 3.63) is 77.6 Å². The molecule has 6 heteroatoms. The number of carbonyl (C=O) groups is 2. The summed E-state index contributed by atoms with van der Waals surface area (Å²) in [5.41, 5.74) is 2.43. The van der Waals surface area contributed by atoms with E-state index in [1.165, 1.54) is 11.8 Å². The van der Waals surface area contributed by atoms with Crippen LogP contribution in [0.5, 0.6) is 5.75 Å². The van der Waals surface area contributed by atoms with Gasteiger partial charge in [0.25, 0.3) is 0 Å². The van der Waals surface area contributed by atoms with Crippen molar-refractivity contribution in [2.75, 3.05) is 7.11 Å². The minimum absolute atomic E-state index is 0.0207. The van der Waals surface area contributed by atoms with E-state index >= 15 is 0 Å². The van der Waals surface area contributed by atoms with Crippen LogP contribution in [0.1, 0.15) is 40.3 Å². The number of aromatic nitrogens is 2. The van der Waals surface area contributed by atoms with Crippen molar-refractivity contribution in [2.24, 2.45) is 0 Å². The molecule has 0 aliphatic rings. The molecule has 0 fully saturated rings. The Morgan fingerprint density at radius 3 is 2.36 bits per heavy atom. The van der Waals surface area contributed by atoms with Crippen molar-refractivity contribution in [3.63, 3.8) is 0 Å². The molecule has 1 atom stereocenters. The van der Waals surface area contributed by atoms with Gasteiger partial charge < -0.3 is 9.47 Å². The predicted octanol–water partition coefficient (Wildman–Crippen LogP) is 3.87. The first-order chi connectivity index (χ1) is 13.5. The van der Waals surface area contributed by atoms with E-state index in [-0.39, 0.29) is 17.2 Å². The Morgan fingerprint density at radius 2 is 1.75 bits per heavy atom. The molecule has 0 radical (unpaired) electrons. The molecule has 1 aromatic heterocycles. The first-order valence-corrected chi connectivity index (χ1v) is 9.06. The van der Waals surface area contributed by atoms with Crippen LogP contribution in [-0.4, -0.2) is 34.7 Å². The molecule has 0 aliphatic carbocycles. The molecule has 28 heavy (non-hydrogen) atoms. The molecule has 0 aliphatic heterocycles. The van der Waals surface area contributed by atoms with E-state index in [0.717, 1.165) is 17.7 Å². The quantitative estimate of drug-likeness (QED) is 0.461. The zero-order valence-corrected chi connectivity index (χ0v) is 16.1. The summed E-state index contributed by atoms with van der Waals surface area (Å²) in [7, 11) is 1.45. The van der Waals surface area contributed by atoms with E-state index in [1.807, 2.05) is 49.4 Å². The molecular weight excluding hydrogens is 356 g/mol. The summed E-state index contributed by atoms with van der Waals surface area (Å²) < 4.78 is 12.1. The molecule has 0 bridgehead atoms. The van der Waals surface area contributed by atoms with Gasteiger partial charge >= 0.3 is 5.97 Å². The van der Waals surface area contributed by atoms with E-state index in [4.69, 9.17) is 9.47 Å². The minimum Gasteiger partial charge on any atom is -0.493 e. The molecule has 0 amide bonds. The van der Waals surface area contributed by atoms with Crippen LogP contribution in [0.25, 0.3) is 5.69 Å². The number of hydrogen-bond acceptors (Lipinski definition) is 5. The average molecular weight is 378 g/mol. The molecule has 1 unspecified atom stereocenters. The average Bonchev–Trinajstić information content (AvgIpc) is 3.18. The summed E-state index contributed by atoms with van der Waals surface area (Å²) in [6.07, 6.45) is 1.55. The van der Waals surface area contributed by atoms with E-state index in [1.54, 1.807) is 25.3 Å². The number of hydrogen-bond donors (Lipinski definition) is 0. The van der Waals surface area contributed by atoms with Crippen molar-refractivity contribution >= 4 is 11.8 Å². The van der Waals surface area contributed by atoms with Crippen LogP contribution in [0.15, 0.2) is 60.8 Å². The zero-order chi connectivity index (χ0) is 20.1. The summed E-state index contributed by atoms with van der Waals surface area (Å²) in [5.74, 6) is -0.698. The number of ether oxygens (including phenoxy) is 2. The van der Waals surface area contributed by atoms with Crippen molar-refractivity contribution in [1.82, 2.24) is 9.78 Å². The van der Waals surface area contributed by atoms with Gasteiger partial charge in [0.1, 0.15) is 0 Å². The number of aryl methyl sites for hydroxylation is 1. The highest BCUT2D eigenvalue weighted by Gasteiger charge is 2.25. The summed E-state index contributed by atoms with van der Waals surface area (Å²) in [6.45, 7) is 3.60. The Kier molecular flexibility index (Phi) is 5.89. The van der Waals surface area contributed by atoms with Crippen LogP contribution in [0.3, 0.4) is 0 Å². The number of nitrogens with zero attached hydrogens (tertiary/aromatic N) is 2. The lowest BCUT2D eigenvalue weighted by atomic mass is 10.0. The maximum atomic E-state index is 12.6. The van der Waals surface area contributed by atoms with Gasteiger partial charge in [-0.15, -0.1) is 0 Å². The van der Waals surface area contributed by atoms with Crippen LogP contribution in [0.2, 0.25) is 0 Å². The molecule has 0 saturated carbocycles. The van der Waals surface area contributed by atoms with Gasteiger partial charge in [-0.1, -0.05) is 49.4 Å². The molecule has 0 N–H and O–H groups in total. The Hall–Kier alpha value is -3.41. The van der Waals surface area contributed by atoms with Gasteiger partial charge in [0.05, 0.1) is 19.0 Å². The highest BCUT2D eigenvalue weighted by atomic mass is 16.5. The fraction of sp³-hybridized carbons (Fsp3) is 0.227. The molecule has 1 heterocycles. The largest absolute Gasteiger partial charge is 0.493 e. The smallest absolute Gasteiger partial charge is 0.363 e. The Morgan fingerprint density at radius 1 is 1.07 bits per heavy atom. The third-order valence-electron chi connectivity index (χ3n) is 4.41. The molecule has 0 saturated heterocycles. The highest BCUT2D eigenvalue weighted by molar-refractivity contribution is 6.01. The fourth-order valence-corrected chi connectivity index (χ4v) is 2.77. The molecule has 0 spiro atoms. The van der Waals surface area contributed by atoms with Crippen LogP contribution in [0.4, 0.5) is 0 Å². The minimum atomic E-state index is -0.938. The Balaban J connectivity index is 1.76. The maximum Gasteiger partial charge on any atom is 0.363 e. The molecule has 2 aromatic carbocycles. The summed E-state index contributed by atoms with van der Waals surface area (Å²) in [6, 6.07) is 16.6. The number of benzene rings is 2. The van der Waals surface area contributed by atoms with Gasteiger partial charge in [-0.25, -0.2) is 9.48 Å². The van der Waals surface area contributed by atoms with Crippen LogP contribution < -0.4 is 4.74 Å². The number of Topliss-reactive ketones (excluding diaryl/α,β-unsaturated/α-hetero) is 1. The zero-order valence-electron chi connectivity index (χ0n) is 16.1. The second-order valence-corrected chi connectivity index (χ2v) is 6.29. The van der Waals surface area contributed by atoms with Crippen molar-refractivity contribution in [2.45, 2.75) is 26.4 Å². The summed E-state index contributed by atoms with van der Waals surface area (Å²) >= 11 is 0. The number of para-hydroxylation sites is 1. The summed E-state index contributed by atoms with van der Waals surface area (Å²) in [5, 5.41) is 4.26. The van der Waals surface area contributed by atoms with Crippen molar-refractivity contribution in [1.29, 1.82) is 0 Å². The van der Waals surface area contributed by atoms with Crippen molar-refractivity contribution < 1.29 is 19.1 Å². The lowest BCUT2D eigenvalue weighted by Crippen LogP contribution is -2.25. The second kappa shape index (κ2) is 8.52. The molecule has 6 nitrogen and oxygen atoms in total. The van der Waals surface area contributed by atoms with Crippen LogP contribution in [0, 0.1) is 0 Å². The maximum absolute atomic E-state index is 12.6. The van der Waals surface area contributed by atoms with E-state index in [9.17, 15) is 9.59 Å². The first-order valence-electron chi connectivity index (χ1n) is 9.06.